The molecule has 0 nitrogen and oxygen atoms in total. The van der Waals surface area contributed by atoms with E-state index in [1.165, 1.54) is 24.6 Å². The molecular weight excluding hydrogens is 127 g/mol. The van der Waals surface area contributed by atoms with Gasteiger partial charge in [-0.05, 0) is 0 Å². The summed E-state index contributed by atoms with van der Waals surface area (Å²) < 4.78 is 0. The molecule has 0 radical (unpaired) electrons. The Bertz CT molecular complexity index is 52.1. The Hall–Kier alpha value is 0.430. The molecule has 0 aliphatic rings. The van der Waals surface area contributed by atoms with Gasteiger partial charge in [0.1, 0.15) is 0 Å². The van der Waals surface area contributed by atoms with Crippen molar-refractivity contribution in [1.82, 2.24) is 0 Å². The van der Waals surface area contributed by atoms with Crippen molar-refractivity contribution in [2.24, 2.45) is 0 Å². The van der Waals surface area contributed by atoms with Crippen LogP contribution in [0, 0.1) is 0 Å². The summed E-state index contributed by atoms with van der Waals surface area (Å²) in [7, 11) is -0.691. The van der Waals surface area contributed by atoms with Crippen molar-refractivity contribution < 1.29 is 1.43 Å². The Morgan fingerprint density at radius 1 is 0.778 bits per heavy atom. The molecule has 9 heavy (non-hydrogen) atoms. The molecule has 1 heteroatoms. The number of hydrogen-bond donors (Lipinski definition) is 0. The summed E-state index contributed by atoms with van der Waals surface area (Å²) in [6.07, 6.45) is 5.93. The minimum Gasteiger partial charge on any atom is 1.00 e. The van der Waals surface area contributed by atoms with Crippen LogP contribution in [0.5, 0.6) is 0 Å². The van der Waals surface area contributed by atoms with Gasteiger partial charge in [0.15, 0.2) is 0 Å². The topological polar surface area (TPSA) is 0 Å². The molecule has 0 amide bonds. The van der Waals surface area contributed by atoms with Gasteiger partial charge in [-0.25, -0.2) is 0 Å². The second-order valence-electron chi connectivity index (χ2n) is 2.91. The molecule has 0 saturated carbocycles. The maximum atomic E-state index is 2.36. The minimum atomic E-state index is -0.691. The van der Waals surface area contributed by atoms with Crippen LogP contribution in [0.2, 0.25) is 0 Å². The summed E-state index contributed by atoms with van der Waals surface area (Å²) in [5.74, 6) is 0. The summed E-state index contributed by atoms with van der Waals surface area (Å²) in [5.41, 5.74) is 0. The van der Waals surface area contributed by atoms with Crippen LogP contribution in [0.15, 0.2) is 0 Å². The quantitative estimate of drug-likeness (QED) is 0.539. The van der Waals surface area contributed by atoms with Crippen molar-refractivity contribution in [2.45, 2.75) is 27.7 Å². The molecule has 58 valence electrons. The van der Waals surface area contributed by atoms with Gasteiger partial charge < -0.3 is 0 Å². The van der Waals surface area contributed by atoms with E-state index in [2.05, 4.69) is 27.7 Å². The third kappa shape index (κ3) is 2.26. The zero-order valence-corrected chi connectivity index (χ0v) is 8.33. The minimum absolute atomic E-state index is 0. The maximum absolute atomic E-state index is 2.36. The van der Waals surface area contributed by atoms with Crippen LogP contribution in [0.25, 0.3) is 0 Å². The molecule has 0 bridgehead atoms. The van der Waals surface area contributed by atoms with Crippen LogP contribution < -0.4 is 0 Å². The molecule has 0 aliphatic heterocycles. The van der Waals surface area contributed by atoms with Crippen molar-refractivity contribution >= 4 is 7.26 Å². The molecule has 0 aromatic heterocycles. The van der Waals surface area contributed by atoms with E-state index in [0.29, 0.717) is 0 Å². The van der Waals surface area contributed by atoms with Crippen molar-refractivity contribution in [2.75, 3.05) is 24.6 Å². The predicted molar refractivity (Wildman–Crippen MR) is 51.6 cm³/mol. The Labute approximate surface area is 61.9 Å². The van der Waals surface area contributed by atoms with Crippen molar-refractivity contribution in [3.8, 4) is 0 Å². The van der Waals surface area contributed by atoms with Crippen molar-refractivity contribution in [3.05, 3.63) is 0 Å². The average molecular weight is 149 g/mol. The largest absolute Gasteiger partial charge is 1.00 e. The van der Waals surface area contributed by atoms with Gasteiger partial charge in [-0.1, -0.05) is 0 Å². The van der Waals surface area contributed by atoms with Gasteiger partial charge in [-0.2, -0.15) is 0 Å². The SMILES string of the molecule is CC[PH](CC)(CC)CC.[H+]. The normalized spacial score (nSPS) is 13.8. The molecule has 0 atom stereocenters. The van der Waals surface area contributed by atoms with E-state index in [4.69, 9.17) is 0 Å². The molecule has 0 aromatic carbocycles. The van der Waals surface area contributed by atoms with Crippen molar-refractivity contribution in [3.63, 3.8) is 0 Å². The molecule has 0 fully saturated rings. The fourth-order valence-electron chi connectivity index (χ4n) is 1.50. The zero-order valence-electron chi connectivity index (χ0n) is 8.33. The van der Waals surface area contributed by atoms with Gasteiger partial charge in [-0.3, -0.25) is 0 Å². The average Bonchev–Trinajstić information content (AvgIpc) is 1.95. The van der Waals surface area contributed by atoms with E-state index < -0.39 is 7.26 Å². The van der Waals surface area contributed by atoms with E-state index in [1.807, 2.05) is 0 Å². The van der Waals surface area contributed by atoms with E-state index >= 15 is 0 Å². The first-order chi connectivity index (χ1) is 4.24. The van der Waals surface area contributed by atoms with Crippen LogP contribution in [0.1, 0.15) is 29.1 Å². The van der Waals surface area contributed by atoms with Gasteiger partial charge in [0.2, 0.25) is 0 Å². The monoisotopic (exact) mass is 149 g/mol. The molecule has 0 saturated heterocycles. The summed E-state index contributed by atoms with van der Waals surface area (Å²) >= 11 is 0. The Kier molecular flexibility index (Phi) is 4.48. The van der Waals surface area contributed by atoms with Gasteiger partial charge in [-0.15, -0.1) is 0 Å². The summed E-state index contributed by atoms with van der Waals surface area (Å²) in [4.78, 5) is 0. The molecule has 0 aromatic rings. The molecule has 0 heterocycles. The second kappa shape index (κ2) is 4.28. The molecule has 0 aliphatic carbocycles. The fourth-order valence-corrected chi connectivity index (χ4v) is 4.50. The van der Waals surface area contributed by atoms with Crippen LogP contribution >= 0.6 is 7.26 Å². The summed E-state index contributed by atoms with van der Waals surface area (Å²) in [6, 6.07) is 0. The predicted octanol–water partition coefficient (Wildman–Crippen LogP) is 2.93. The summed E-state index contributed by atoms with van der Waals surface area (Å²) in [5, 5.41) is 0. The molecule has 0 spiro atoms. The fraction of sp³-hybridized carbons (Fsp3) is 1.00. The van der Waals surface area contributed by atoms with Crippen LogP contribution in [0.4, 0.5) is 0 Å². The van der Waals surface area contributed by atoms with Crippen LogP contribution in [-0.4, -0.2) is 24.6 Å². The Balaban J connectivity index is 0. The number of rotatable bonds is 4. The van der Waals surface area contributed by atoms with Crippen LogP contribution in [-0.2, 0) is 0 Å². The van der Waals surface area contributed by atoms with Crippen molar-refractivity contribution in [1.29, 1.82) is 0 Å². The smallest absolute Gasteiger partial charge is 1.00 e. The second-order valence-corrected chi connectivity index (χ2v) is 8.74. The first kappa shape index (κ1) is 9.43. The van der Waals surface area contributed by atoms with Gasteiger partial charge in [0.05, 0.1) is 0 Å². The standard InChI is InChI=1S/C8H21P/c1-5-9(6-2,7-3)8-4/h9H,5-8H2,1-4H3/p+1. The number of hydrogen-bond acceptors (Lipinski definition) is 0. The molecule has 0 rings (SSSR count). The third-order valence-electron chi connectivity index (χ3n) is 3.00. The zero-order chi connectivity index (χ0) is 7.33. The first-order valence-electron chi connectivity index (χ1n) is 4.24. The van der Waals surface area contributed by atoms with E-state index in [-0.39, 0.29) is 1.43 Å². The molecule has 0 N–H and O–H groups in total. The maximum Gasteiger partial charge on any atom is 1.00 e. The summed E-state index contributed by atoms with van der Waals surface area (Å²) in [6.45, 7) is 9.46. The van der Waals surface area contributed by atoms with E-state index in [1.54, 1.807) is 0 Å². The van der Waals surface area contributed by atoms with E-state index in [9.17, 15) is 0 Å². The molecular formula is C8H22P+. The Morgan fingerprint density at radius 3 is 1.00 bits per heavy atom. The van der Waals surface area contributed by atoms with Gasteiger partial charge in [0, 0.05) is 0 Å². The van der Waals surface area contributed by atoms with Gasteiger partial charge >= 0.3 is 61.0 Å². The first-order valence-corrected chi connectivity index (χ1v) is 7.07. The third-order valence-corrected chi connectivity index (χ3v) is 9.00. The van der Waals surface area contributed by atoms with Crippen LogP contribution in [0.3, 0.4) is 0 Å². The van der Waals surface area contributed by atoms with E-state index in [0.717, 1.165) is 0 Å². The molecule has 0 unspecified atom stereocenters. The Morgan fingerprint density at radius 2 is 1.00 bits per heavy atom. The van der Waals surface area contributed by atoms with Gasteiger partial charge in [0.25, 0.3) is 0 Å².